The van der Waals surface area contributed by atoms with Crippen LogP contribution < -0.4 is 4.74 Å². The summed E-state index contributed by atoms with van der Waals surface area (Å²) in [5.41, 5.74) is -0.201. The summed E-state index contributed by atoms with van der Waals surface area (Å²) < 4.78 is 20.0. The summed E-state index contributed by atoms with van der Waals surface area (Å²) in [6.45, 7) is -0.0762. The number of benzene rings is 2. The topological polar surface area (TPSA) is 46.5 Å². The lowest BCUT2D eigenvalue weighted by Crippen LogP contribution is -2.06. The smallest absolute Gasteiger partial charge is 0.338 e. The number of ether oxygens (including phenoxy) is 1. The van der Waals surface area contributed by atoms with Gasteiger partial charge in [0, 0.05) is 10.6 Å². The first-order valence-electron chi connectivity index (χ1n) is 5.57. The van der Waals surface area contributed by atoms with Crippen molar-refractivity contribution in [3.63, 3.8) is 0 Å². The SMILES string of the molecule is O=C(O)c1cccc(COc2ccc(Cl)cc2Br)c1F. The number of aromatic carboxylic acids is 1. The zero-order valence-corrected chi connectivity index (χ0v) is 12.4. The average molecular weight is 360 g/mol. The molecule has 1 N–H and O–H groups in total. The van der Waals surface area contributed by atoms with E-state index < -0.39 is 11.8 Å². The van der Waals surface area contributed by atoms with E-state index in [-0.39, 0.29) is 17.7 Å². The molecule has 0 atom stereocenters. The summed E-state index contributed by atoms with van der Waals surface area (Å²) in [5.74, 6) is -1.60. The van der Waals surface area contributed by atoms with E-state index in [1.165, 1.54) is 18.2 Å². The molecule has 0 spiro atoms. The second-order valence-electron chi connectivity index (χ2n) is 3.95. The van der Waals surface area contributed by atoms with E-state index in [1.54, 1.807) is 18.2 Å². The van der Waals surface area contributed by atoms with Gasteiger partial charge < -0.3 is 9.84 Å². The van der Waals surface area contributed by atoms with Gasteiger partial charge in [0.1, 0.15) is 18.2 Å². The standard InChI is InChI=1S/C14H9BrClFO3/c15-11-6-9(16)4-5-12(11)20-7-8-2-1-3-10(13(8)17)14(18)19/h1-6H,7H2,(H,18,19). The van der Waals surface area contributed by atoms with Gasteiger partial charge in [-0.15, -0.1) is 0 Å². The van der Waals surface area contributed by atoms with Crippen molar-refractivity contribution in [2.24, 2.45) is 0 Å². The lowest BCUT2D eigenvalue weighted by molar-refractivity contribution is 0.0691. The fourth-order valence-electron chi connectivity index (χ4n) is 1.60. The maximum absolute atomic E-state index is 13.9. The zero-order valence-electron chi connectivity index (χ0n) is 10.1. The molecule has 0 amide bonds. The number of halogens is 3. The van der Waals surface area contributed by atoms with Crippen LogP contribution >= 0.6 is 27.5 Å². The molecule has 0 heterocycles. The van der Waals surface area contributed by atoms with Gasteiger partial charge in [0.05, 0.1) is 10.0 Å². The van der Waals surface area contributed by atoms with E-state index in [9.17, 15) is 9.18 Å². The molecule has 0 aliphatic carbocycles. The summed E-state index contributed by atoms with van der Waals surface area (Å²) in [4.78, 5) is 10.8. The molecule has 0 unspecified atom stereocenters. The van der Waals surface area contributed by atoms with Crippen LogP contribution in [-0.2, 0) is 6.61 Å². The van der Waals surface area contributed by atoms with Gasteiger partial charge >= 0.3 is 5.97 Å². The van der Waals surface area contributed by atoms with E-state index >= 15 is 0 Å². The van der Waals surface area contributed by atoms with Gasteiger partial charge in [0.2, 0.25) is 0 Å². The first-order valence-corrected chi connectivity index (χ1v) is 6.74. The van der Waals surface area contributed by atoms with Gasteiger partial charge in [-0.1, -0.05) is 23.7 Å². The fraction of sp³-hybridized carbons (Fsp3) is 0.0714. The molecule has 0 radical (unpaired) electrons. The zero-order chi connectivity index (χ0) is 14.7. The van der Waals surface area contributed by atoms with Crippen molar-refractivity contribution in [3.8, 4) is 5.75 Å². The number of hydrogen-bond acceptors (Lipinski definition) is 2. The maximum Gasteiger partial charge on any atom is 0.338 e. The minimum atomic E-state index is -1.31. The molecule has 2 aromatic rings. The predicted octanol–water partition coefficient (Wildman–Crippen LogP) is 4.52. The first kappa shape index (κ1) is 14.8. The van der Waals surface area contributed by atoms with Crippen molar-refractivity contribution in [1.82, 2.24) is 0 Å². The van der Waals surface area contributed by atoms with Crippen molar-refractivity contribution in [2.75, 3.05) is 0 Å². The molecular formula is C14H9BrClFO3. The van der Waals surface area contributed by atoms with E-state index in [1.807, 2.05) is 0 Å². The fourth-order valence-corrected chi connectivity index (χ4v) is 2.40. The van der Waals surface area contributed by atoms with Crippen molar-refractivity contribution in [1.29, 1.82) is 0 Å². The molecule has 2 rings (SSSR count). The van der Waals surface area contributed by atoms with E-state index in [0.29, 0.717) is 15.2 Å². The van der Waals surface area contributed by atoms with Crippen LogP contribution in [0.3, 0.4) is 0 Å². The Morgan fingerprint density at radius 2 is 2.10 bits per heavy atom. The Labute approximate surface area is 128 Å². The van der Waals surface area contributed by atoms with E-state index in [4.69, 9.17) is 21.4 Å². The molecule has 0 aliphatic heterocycles. The largest absolute Gasteiger partial charge is 0.488 e. The molecule has 104 valence electrons. The van der Waals surface area contributed by atoms with Crippen LogP contribution in [0.4, 0.5) is 4.39 Å². The summed E-state index contributed by atoms with van der Waals surface area (Å²) in [6, 6.07) is 9.10. The second kappa shape index (κ2) is 6.24. The average Bonchev–Trinajstić information content (AvgIpc) is 2.39. The van der Waals surface area contributed by atoms with Gasteiger partial charge in [-0.3, -0.25) is 0 Å². The summed E-state index contributed by atoms with van der Waals surface area (Å²) >= 11 is 9.08. The highest BCUT2D eigenvalue weighted by Gasteiger charge is 2.14. The van der Waals surface area contributed by atoms with Crippen LogP contribution in [-0.4, -0.2) is 11.1 Å². The highest BCUT2D eigenvalue weighted by molar-refractivity contribution is 9.10. The summed E-state index contributed by atoms with van der Waals surface area (Å²) in [5, 5.41) is 9.39. The minimum absolute atomic E-state index is 0.0762. The number of carboxylic acids is 1. The normalized spacial score (nSPS) is 10.3. The van der Waals surface area contributed by atoms with Crippen LogP contribution in [0.15, 0.2) is 40.9 Å². The van der Waals surface area contributed by atoms with Crippen molar-refractivity contribution < 1.29 is 19.0 Å². The van der Waals surface area contributed by atoms with Crippen molar-refractivity contribution in [2.45, 2.75) is 6.61 Å². The molecule has 0 saturated heterocycles. The van der Waals surface area contributed by atoms with Crippen LogP contribution in [0, 0.1) is 5.82 Å². The molecule has 3 nitrogen and oxygen atoms in total. The number of carboxylic acid groups (broad SMARTS) is 1. The lowest BCUT2D eigenvalue weighted by atomic mass is 10.1. The second-order valence-corrected chi connectivity index (χ2v) is 5.24. The van der Waals surface area contributed by atoms with Crippen molar-refractivity contribution >= 4 is 33.5 Å². The predicted molar refractivity (Wildman–Crippen MR) is 76.8 cm³/mol. The third-order valence-electron chi connectivity index (χ3n) is 2.59. The maximum atomic E-state index is 13.9. The quantitative estimate of drug-likeness (QED) is 0.873. The van der Waals surface area contributed by atoms with Gasteiger partial charge in [-0.25, -0.2) is 9.18 Å². The van der Waals surface area contributed by atoms with Crippen molar-refractivity contribution in [3.05, 3.63) is 62.8 Å². The Bertz CT molecular complexity index is 661. The Morgan fingerprint density at radius 3 is 2.75 bits per heavy atom. The summed E-state index contributed by atoms with van der Waals surface area (Å²) in [6.07, 6.45) is 0. The Balaban J connectivity index is 2.19. The molecule has 0 bridgehead atoms. The van der Waals surface area contributed by atoms with Gasteiger partial charge in [0.15, 0.2) is 0 Å². The van der Waals surface area contributed by atoms with Gasteiger partial charge in [-0.05, 0) is 40.2 Å². The van der Waals surface area contributed by atoms with Crippen LogP contribution in [0.5, 0.6) is 5.75 Å². The first-order chi connectivity index (χ1) is 9.49. The molecule has 20 heavy (non-hydrogen) atoms. The van der Waals surface area contributed by atoms with E-state index in [0.717, 1.165) is 0 Å². The number of hydrogen-bond donors (Lipinski definition) is 1. The third kappa shape index (κ3) is 3.29. The monoisotopic (exact) mass is 358 g/mol. The van der Waals surface area contributed by atoms with Gasteiger partial charge in [-0.2, -0.15) is 0 Å². The van der Waals surface area contributed by atoms with Gasteiger partial charge in [0.25, 0.3) is 0 Å². The minimum Gasteiger partial charge on any atom is -0.488 e. The molecule has 2 aromatic carbocycles. The van der Waals surface area contributed by atoms with Crippen LogP contribution in [0.2, 0.25) is 5.02 Å². The molecular weight excluding hydrogens is 351 g/mol. The van der Waals surface area contributed by atoms with Crippen LogP contribution in [0.25, 0.3) is 0 Å². The highest BCUT2D eigenvalue weighted by Crippen LogP contribution is 2.29. The highest BCUT2D eigenvalue weighted by atomic mass is 79.9. The Kier molecular flexibility index (Phi) is 4.62. The lowest BCUT2D eigenvalue weighted by Gasteiger charge is -2.10. The Morgan fingerprint density at radius 1 is 1.35 bits per heavy atom. The molecule has 6 heteroatoms. The third-order valence-corrected chi connectivity index (χ3v) is 3.44. The number of rotatable bonds is 4. The molecule has 0 aromatic heterocycles. The number of carbonyl (C=O) groups is 1. The molecule has 0 saturated carbocycles. The summed E-state index contributed by atoms with van der Waals surface area (Å²) in [7, 11) is 0. The Hall–Kier alpha value is -1.59. The van der Waals surface area contributed by atoms with Crippen LogP contribution in [0.1, 0.15) is 15.9 Å². The molecule has 0 fully saturated rings. The molecule has 0 aliphatic rings. The van der Waals surface area contributed by atoms with E-state index in [2.05, 4.69) is 15.9 Å².